The van der Waals surface area contributed by atoms with E-state index < -0.39 is 18.1 Å². The highest BCUT2D eigenvalue weighted by molar-refractivity contribution is 5.93. The lowest BCUT2D eigenvalue weighted by Gasteiger charge is -2.30. The Hall–Kier alpha value is -3.30. The molecule has 1 heterocycles. The van der Waals surface area contributed by atoms with Crippen LogP contribution in [0.2, 0.25) is 0 Å². The summed E-state index contributed by atoms with van der Waals surface area (Å²) < 4.78 is 9.78. The van der Waals surface area contributed by atoms with Gasteiger partial charge in [-0.2, -0.15) is 0 Å². The molecule has 3 N–H and O–H groups in total. The number of methoxy groups -OCH3 is 2. The first-order valence-corrected chi connectivity index (χ1v) is 11.4. The van der Waals surface area contributed by atoms with E-state index in [4.69, 9.17) is 4.74 Å². The molecule has 1 aromatic rings. The largest absolute Gasteiger partial charge is 0.497 e. The van der Waals surface area contributed by atoms with Crippen LogP contribution in [0.25, 0.3) is 0 Å². The fourth-order valence-electron chi connectivity index (χ4n) is 3.79. The van der Waals surface area contributed by atoms with Crippen molar-refractivity contribution in [2.45, 2.75) is 58.5 Å². The number of hydrogen-bond donors (Lipinski definition) is 3. The third-order valence-corrected chi connectivity index (χ3v) is 5.40. The fourth-order valence-corrected chi connectivity index (χ4v) is 3.79. The number of anilines is 1. The summed E-state index contributed by atoms with van der Waals surface area (Å²) in [6.45, 7) is 6.49. The molecule has 2 rings (SSSR count). The van der Waals surface area contributed by atoms with Crippen molar-refractivity contribution in [1.82, 2.24) is 15.5 Å². The van der Waals surface area contributed by atoms with Gasteiger partial charge in [0.2, 0.25) is 11.8 Å². The van der Waals surface area contributed by atoms with Gasteiger partial charge < -0.3 is 30.3 Å². The molecule has 0 bridgehead atoms. The zero-order valence-corrected chi connectivity index (χ0v) is 20.6. The van der Waals surface area contributed by atoms with Gasteiger partial charge in [-0.1, -0.05) is 26.8 Å². The van der Waals surface area contributed by atoms with Crippen LogP contribution in [0.3, 0.4) is 0 Å². The minimum Gasteiger partial charge on any atom is -0.497 e. The third kappa shape index (κ3) is 8.24. The zero-order valence-electron chi connectivity index (χ0n) is 20.6. The van der Waals surface area contributed by atoms with Crippen LogP contribution < -0.4 is 20.7 Å². The van der Waals surface area contributed by atoms with Crippen molar-refractivity contribution in [3.05, 3.63) is 24.3 Å². The van der Waals surface area contributed by atoms with E-state index in [9.17, 15) is 19.2 Å². The molecule has 10 nitrogen and oxygen atoms in total. The van der Waals surface area contributed by atoms with Gasteiger partial charge in [0, 0.05) is 37.7 Å². The van der Waals surface area contributed by atoms with Crippen LogP contribution >= 0.6 is 0 Å². The van der Waals surface area contributed by atoms with Crippen molar-refractivity contribution in [1.29, 1.82) is 0 Å². The molecule has 1 aliphatic heterocycles. The SMILES string of the molecule is COC(=O)CCCNC(=O)[C@@H]1[C@@H](NC(=O)Nc2cccc(OC)c2)CCN1C(=O)CC(C)(C)C. The third-order valence-electron chi connectivity index (χ3n) is 5.40. The molecule has 0 aromatic heterocycles. The molecule has 0 aliphatic carbocycles. The molecule has 0 unspecified atom stereocenters. The standard InChI is InChI=1S/C24H36N4O6/c1-24(2,3)15-19(29)28-13-11-18(21(28)22(31)25-12-7-10-20(30)34-5)27-23(32)26-16-8-6-9-17(14-16)33-4/h6,8-9,14,18,21H,7,10-13,15H2,1-5H3,(H,25,31)(H2,26,27,32)/t18-,21-/m0/s1. The van der Waals surface area contributed by atoms with Gasteiger partial charge in [-0.25, -0.2) is 4.79 Å². The highest BCUT2D eigenvalue weighted by Gasteiger charge is 2.43. The predicted octanol–water partition coefficient (Wildman–Crippen LogP) is 2.29. The summed E-state index contributed by atoms with van der Waals surface area (Å²) >= 11 is 0. The first-order valence-electron chi connectivity index (χ1n) is 11.4. The van der Waals surface area contributed by atoms with E-state index >= 15 is 0 Å². The lowest BCUT2D eigenvalue weighted by atomic mass is 9.91. The van der Waals surface area contributed by atoms with Crippen molar-refractivity contribution >= 4 is 29.5 Å². The number of urea groups is 1. The van der Waals surface area contributed by atoms with Gasteiger partial charge >= 0.3 is 12.0 Å². The number of hydrogen-bond acceptors (Lipinski definition) is 6. The van der Waals surface area contributed by atoms with Gasteiger partial charge in [-0.3, -0.25) is 14.4 Å². The normalized spacial score (nSPS) is 17.6. The first kappa shape index (κ1) is 26.9. The van der Waals surface area contributed by atoms with Crippen molar-refractivity contribution in [3.63, 3.8) is 0 Å². The maximum atomic E-state index is 13.1. The number of amides is 4. The minimum absolute atomic E-state index is 0.139. The molecule has 34 heavy (non-hydrogen) atoms. The Kier molecular flexibility index (Phi) is 9.70. The second-order valence-corrected chi connectivity index (χ2v) is 9.47. The maximum absolute atomic E-state index is 13.1. The molecule has 2 atom stereocenters. The van der Waals surface area contributed by atoms with Crippen molar-refractivity contribution in [3.8, 4) is 5.75 Å². The molecule has 1 aromatic carbocycles. The van der Waals surface area contributed by atoms with Crippen molar-refractivity contribution in [2.24, 2.45) is 5.41 Å². The van der Waals surface area contributed by atoms with E-state index in [-0.39, 0.29) is 42.6 Å². The molecule has 4 amide bonds. The number of carbonyl (C=O) groups excluding carboxylic acids is 4. The monoisotopic (exact) mass is 476 g/mol. The lowest BCUT2D eigenvalue weighted by molar-refractivity contribution is -0.141. The number of nitrogens with zero attached hydrogens (tertiary/aromatic N) is 1. The van der Waals surface area contributed by atoms with Crippen LogP contribution in [0.1, 0.15) is 46.5 Å². The van der Waals surface area contributed by atoms with E-state index in [2.05, 4.69) is 20.7 Å². The summed E-state index contributed by atoms with van der Waals surface area (Å²) in [6.07, 6.45) is 1.32. The van der Waals surface area contributed by atoms with Crippen LogP contribution in [-0.4, -0.2) is 68.1 Å². The molecule has 0 radical (unpaired) electrons. The van der Waals surface area contributed by atoms with E-state index in [0.717, 1.165) is 0 Å². The summed E-state index contributed by atoms with van der Waals surface area (Å²) in [6, 6.07) is 5.03. The van der Waals surface area contributed by atoms with Gasteiger partial charge in [0.05, 0.1) is 20.3 Å². The average Bonchev–Trinajstić information content (AvgIpc) is 3.18. The molecular formula is C24H36N4O6. The van der Waals surface area contributed by atoms with Crippen molar-refractivity contribution < 1.29 is 28.7 Å². The molecule has 0 saturated carbocycles. The van der Waals surface area contributed by atoms with E-state index in [1.165, 1.54) is 19.1 Å². The Morgan fingerprint density at radius 1 is 1.15 bits per heavy atom. The Morgan fingerprint density at radius 2 is 1.88 bits per heavy atom. The highest BCUT2D eigenvalue weighted by atomic mass is 16.5. The smallest absolute Gasteiger partial charge is 0.319 e. The second kappa shape index (κ2) is 12.2. The van der Waals surface area contributed by atoms with Gasteiger partial charge in [-0.15, -0.1) is 0 Å². The Morgan fingerprint density at radius 3 is 2.53 bits per heavy atom. The Balaban J connectivity index is 2.08. The number of rotatable bonds is 9. The van der Waals surface area contributed by atoms with Crippen LogP contribution in [0, 0.1) is 5.41 Å². The molecule has 1 saturated heterocycles. The summed E-state index contributed by atoms with van der Waals surface area (Å²) in [5.74, 6) is -0.260. The van der Waals surface area contributed by atoms with Gasteiger partial charge in [0.25, 0.3) is 0 Å². The number of ether oxygens (including phenoxy) is 2. The van der Waals surface area contributed by atoms with E-state index in [0.29, 0.717) is 30.8 Å². The number of carbonyl (C=O) groups is 4. The summed E-state index contributed by atoms with van der Waals surface area (Å²) in [7, 11) is 2.85. The number of likely N-dealkylation sites (tertiary alicyclic amines) is 1. The lowest BCUT2D eigenvalue weighted by Crippen LogP contribution is -2.55. The van der Waals surface area contributed by atoms with Gasteiger partial charge in [-0.05, 0) is 30.4 Å². The van der Waals surface area contributed by atoms with Crippen LogP contribution in [0.15, 0.2) is 24.3 Å². The fraction of sp³-hybridized carbons (Fsp3) is 0.583. The highest BCUT2D eigenvalue weighted by Crippen LogP contribution is 2.25. The number of nitrogens with one attached hydrogen (secondary N) is 3. The Bertz CT molecular complexity index is 882. The van der Waals surface area contributed by atoms with E-state index in [1.54, 1.807) is 24.3 Å². The van der Waals surface area contributed by atoms with Crippen molar-refractivity contribution in [2.75, 3.05) is 32.6 Å². The van der Waals surface area contributed by atoms with E-state index in [1.807, 2.05) is 20.8 Å². The second-order valence-electron chi connectivity index (χ2n) is 9.47. The summed E-state index contributed by atoms with van der Waals surface area (Å²) in [5, 5.41) is 8.37. The molecule has 1 fully saturated rings. The summed E-state index contributed by atoms with van der Waals surface area (Å²) in [5.41, 5.74) is 0.299. The summed E-state index contributed by atoms with van der Waals surface area (Å²) in [4.78, 5) is 51.5. The zero-order chi connectivity index (χ0) is 25.3. The van der Waals surface area contributed by atoms with Crippen LogP contribution in [0.5, 0.6) is 5.75 Å². The molecular weight excluding hydrogens is 440 g/mol. The number of benzene rings is 1. The number of esters is 1. The first-order chi connectivity index (χ1) is 16.0. The van der Waals surface area contributed by atoms with Crippen LogP contribution in [0.4, 0.5) is 10.5 Å². The quantitative estimate of drug-likeness (QED) is 0.371. The molecule has 0 spiro atoms. The molecule has 188 valence electrons. The molecule has 10 heteroatoms. The topological polar surface area (TPSA) is 126 Å². The molecule has 1 aliphatic rings. The van der Waals surface area contributed by atoms with Gasteiger partial charge in [0.1, 0.15) is 11.8 Å². The van der Waals surface area contributed by atoms with Crippen LogP contribution in [-0.2, 0) is 19.1 Å². The maximum Gasteiger partial charge on any atom is 0.319 e. The minimum atomic E-state index is -0.843. The predicted molar refractivity (Wildman–Crippen MR) is 127 cm³/mol. The van der Waals surface area contributed by atoms with Gasteiger partial charge in [0.15, 0.2) is 0 Å². The Labute approximate surface area is 200 Å². The average molecular weight is 477 g/mol.